The molecule has 2 heterocycles. The maximum Gasteiger partial charge on any atom is 0.410 e. The van der Waals surface area contributed by atoms with Gasteiger partial charge in [-0.05, 0) is 66.0 Å². The maximum atomic E-state index is 12.1. The van der Waals surface area contributed by atoms with Gasteiger partial charge in [0.1, 0.15) is 5.60 Å². The molecule has 1 amide bonds. The van der Waals surface area contributed by atoms with E-state index < -0.39 is 5.60 Å². The largest absolute Gasteiger partial charge is 0.444 e. The molecule has 0 aromatic rings. The molecule has 22 heavy (non-hydrogen) atoms. The molecule has 3 fully saturated rings. The van der Waals surface area contributed by atoms with Crippen LogP contribution in [0.2, 0.25) is 0 Å². The van der Waals surface area contributed by atoms with Gasteiger partial charge in [0.2, 0.25) is 0 Å². The van der Waals surface area contributed by atoms with Crippen molar-refractivity contribution >= 4 is 6.09 Å². The molecule has 0 aromatic heterocycles. The molecule has 0 spiro atoms. The van der Waals surface area contributed by atoms with Crippen LogP contribution in [-0.4, -0.2) is 65.8 Å². The van der Waals surface area contributed by atoms with Crippen molar-refractivity contribution in [1.82, 2.24) is 15.1 Å². The monoisotopic (exact) mass is 309 g/mol. The molecule has 0 aromatic carbocycles. The van der Waals surface area contributed by atoms with Crippen LogP contribution in [0, 0.1) is 0 Å². The van der Waals surface area contributed by atoms with Crippen molar-refractivity contribution in [3.05, 3.63) is 0 Å². The fourth-order valence-corrected chi connectivity index (χ4v) is 3.59. The van der Waals surface area contributed by atoms with Gasteiger partial charge in [0, 0.05) is 31.2 Å². The van der Waals surface area contributed by atoms with Crippen molar-refractivity contribution in [2.45, 2.75) is 76.6 Å². The Balaban J connectivity index is 1.38. The van der Waals surface area contributed by atoms with Crippen LogP contribution in [0.5, 0.6) is 0 Å². The van der Waals surface area contributed by atoms with Gasteiger partial charge in [-0.2, -0.15) is 0 Å². The highest BCUT2D eigenvalue weighted by atomic mass is 16.6. The first-order valence-electron chi connectivity index (χ1n) is 8.89. The Morgan fingerprint density at radius 1 is 1.00 bits per heavy atom. The number of likely N-dealkylation sites (tertiary alicyclic amines) is 2. The standard InChI is InChI=1S/C17H31N3O2/c1-17(2,3)22-16(21)20-11-8-14(12-20)18-13-6-9-19(10-7-13)15-4-5-15/h13-15,18H,4-12H2,1-3H3. The predicted molar refractivity (Wildman–Crippen MR) is 87.0 cm³/mol. The second kappa shape index (κ2) is 6.36. The fourth-order valence-electron chi connectivity index (χ4n) is 3.59. The molecule has 3 rings (SSSR count). The van der Waals surface area contributed by atoms with Crippen LogP contribution >= 0.6 is 0 Å². The number of carbonyl (C=O) groups excluding carboxylic acids is 1. The summed E-state index contributed by atoms with van der Waals surface area (Å²) in [5.41, 5.74) is -0.405. The van der Waals surface area contributed by atoms with Gasteiger partial charge in [-0.25, -0.2) is 4.79 Å². The summed E-state index contributed by atoms with van der Waals surface area (Å²) in [7, 11) is 0. The third kappa shape index (κ3) is 4.35. The summed E-state index contributed by atoms with van der Waals surface area (Å²) in [5, 5.41) is 3.77. The lowest BCUT2D eigenvalue weighted by molar-refractivity contribution is 0.0289. The minimum Gasteiger partial charge on any atom is -0.444 e. The van der Waals surface area contributed by atoms with Crippen molar-refractivity contribution in [3.8, 4) is 0 Å². The molecule has 1 N–H and O–H groups in total. The summed E-state index contributed by atoms with van der Waals surface area (Å²) in [6.45, 7) is 9.85. The number of rotatable bonds is 3. The molecule has 1 unspecified atom stereocenters. The van der Waals surface area contributed by atoms with E-state index in [9.17, 15) is 4.79 Å². The SMILES string of the molecule is CC(C)(C)OC(=O)N1CCC(NC2CCN(C3CC3)CC2)C1. The smallest absolute Gasteiger partial charge is 0.410 e. The second-order valence-electron chi connectivity index (χ2n) is 8.12. The van der Waals surface area contributed by atoms with Crippen LogP contribution in [0.1, 0.15) is 52.9 Å². The first kappa shape index (κ1) is 16.1. The minimum atomic E-state index is -0.405. The van der Waals surface area contributed by atoms with Gasteiger partial charge >= 0.3 is 6.09 Å². The lowest BCUT2D eigenvalue weighted by Gasteiger charge is -2.34. The van der Waals surface area contributed by atoms with Crippen LogP contribution < -0.4 is 5.32 Å². The number of hydrogen-bond donors (Lipinski definition) is 1. The molecule has 5 nitrogen and oxygen atoms in total. The van der Waals surface area contributed by atoms with E-state index in [1.807, 2.05) is 25.7 Å². The van der Waals surface area contributed by atoms with Gasteiger partial charge in [0.15, 0.2) is 0 Å². The molecule has 126 valence electrons. The van der Waals surface area contributed by atoms with E-state index in [0.717, 1.165) is 25.6 Å². The molecule has 3 aliphatic rings. The van der Waals surface area contributed by atoms with Crippen molar-refractivity contribution < 1.29 is 9.53 Å². The van der Waals surface area contributed by atoms with Gasteiger partial charge in [-0.15, -0.1) is 0 Å². The van der Waals surface area contributed by atoms with Gasteiger partial charge in [0.25, 0.3) is 0 Å². The zero-order chi connectivity index (χ0) is 15.7. The van der Waals surface area contributed by atoms with Gasteiger partial charge in [0.05, 0.1) is 0 Å². The van der Waals surface area contributed by atoms with E-state index in [1.165, 1.54) is 38.8 Å². The number of carbonyl (C=O) groups is 1. The fraction of sp³-hybridized carbons (Fsp3) is 0.941. The third-order valence-corrected chi connectivity index (χ3v) is 4.90. The number of nitrogens with one attached hydrogen (secondary N) is 1. The Labute approximate surface area is 134 Å². The summed E-state index contributed by atoms with van der Waals surface area (Å²) < 4.78 is 5.46. The molecule has 1 atom stereocenters. The first-order chi connectivity index (χ1) is 10.4. The normalized spacial score (nSPS) is 28.1. The van der Waals surface area contributed by atoms with E-state index in [-0.39, 0.29) is 6.09 Å². The highest BCUT2D eigenvalue weighted by molar-refractivity contribution is 5.68. The highest BCUT2D eigenvalue weighted by Crippen LogP contribution is 2.29. The average molecular weight is 309 g/mol. The average Bonchev–Trinajstić information content (AvgIpc) is 3.17. The predicted octanol–water partition coefficient (Wildman–Crippen LogP) is 2.21. The molecular weight excluding hydrogens is 278 g/mol. The number of nitrogens with zero attached hydrogens (tertiary/aromatic N) is 2. The van der Waals surface area contributed by atoms with Crippen LogP contribution in [0.4, 0.5) is 4.79 Å². The van der Waals surface area contributed by atoms with Gasteiger partial charge in [-0.1, -0.05) is 0 Å². The Kier molecular flexibility index (Phi) is 4.64. The number of ether oxygens (including phenoxy) is 1. The molecule has 1 aliphatic carbocycles. The minimum absolute atomic E-state index is 0.166. The van der Waals surface area contributed by atoms with Crippen LogP contribution in [0.25, 0.3) is 0 Å². The summed E-state index contributed by atoms with van der Waals surface area (Å²) in [4.78, 5) is 16.6. The van der Waals surface area contributed by atoms with Gasteiger partial charge < -0.3 is 19.9 Å². The van der Waals surface area contributed by atoms with E-state index in [0.29, 0.717) is 12.1 Å². The zero-order valence-corrected chi connectivity index (χ0v) is 14.3. The molecule has 0 radical (unpaired) electrons. The van der Waals surface area contributed by atoms with Crippen LogP contribution in [-0.2, 0) is 4.74 Å². The maximum absolute atomic E-state index is 12.1. The van der Waals surface area contributed by atoms with Crippen molar-refractivity contribution in [3.63, 3.8) is 0 Å². The Morgan fingerprint density at radius 3 is 2.23 bits per heavy atom. The Bertz CT molecular complexity index is 395. The molecule has 5 heteroatoms. The molecular formula is C17H31N3O2. The van der Waals surface area contributed by atoms with Crippen molar-refractivity contribution in [2.75, 3.05) is 26.2 Å². The van der Waals surface area contributed by atoms with Crippen LogP contribution in [0.3, 0.4) is 0 Å². The summed E-state index contributed by atoms with van der Waals surface area (Å²) in [6.07, 6.45) is 6.19. The zero-order valence-electron chi connectivity index (χ0n) is 14.3. The third-order valence-electron chi connectivity index (χ3n) is 4.90. The van der Waals surface area contributed by atoms with E-state index >= 15 is 0 Å². The molecule has 2 saturated heterocycles. The molecule has 0 bridgehead atoms. The van der Waals surface area contributed by atoms with Crippen LogP contribution in [0.15, 0.2) is 0 Å². The first-order valence-corrected chi connectivity index (χ1v) is 8.89. The van der Waals surface area contributed by atoms with E-state index in [1.54, 1.807) is 0 Å². The topological polar surface area (TPSA) is 44.8 Å². The van der Waals surface area contributed by atoms with Crippen molar-refractivity contribution in [2.24, 2.45) is 0 Å². The van der Waals surface area contributed by atoms with E-state index in [2.05, 4.69) is 10.2 Å². The summed E-state index contributed by atoms with van der Waals surface area (Å²) in [6, 6.07) is 1.96. The molecule has 1 saturated carbocycles. The number of amides is 1. The lowest BCUT2D eigenvalue weighted by atomic mass is 10.0. The van der Waals surface area contributed by atoms with E-state index in [4.69, 9.17) is 4.74 Å². The van der Waals surface area contributed by atoms with Gasteiger partial charge in [-0.3, -0.25) is 0 Å². The molecule has 2 aliphatic heterocycles. The van der Waals surface area contributed by atoms with Crippen molar-refractivity contribution in [1.29, 1.82) is 0 Å². The number of piperidine rings is 1. The highest BCUT2D eigenvalue weighted by Gasteiger charge is 2.34. The second-order valence-corrected chi connectivity index (χ2v) is 8.12. The lowest BCUT2D eigenvalue weighted by Crippen LogP contribution is -2.47. The number of hydrogen-bond acceptors (Lipinski definition) is 4. The summed E-state index contributed by atoms with van der Waals surface area (Å²) in [5.74, 6) is 0. The Hall–Kier alpha value is -0.810. The summed E-state index contributed by atoms with van der Waals surface area (Å²) >= 11 is 0. The quantitative estimate of drug-likeness (QED) is 0.868. The Morgan fingerprint density at radius 2 is 1.64 bits per heavy atom.